The van der Waals surface area contributed by atoms with Crippen molar-refractivity contribution in [3.8, 4) is 0 Å². The molecule has 0 aliphatic carbocycles. The van der Waals surface area contributed by atoms with E-state index < -0.39 is 5.54 Å². The van der Waals surface area contributed by atoms with Gasteiger partial charge in [-0.15, -0.1) is 0 Å². The third-order valence-electron chi connectivity index (χ3n) is 3.23. The number of rotatable bonds is 2. The van der Waals surface area contributed by atoms with Crippen molar-refractivity contribution in [2.75, 3.05) is 19.6 Å². The van der Waals surface area contributed by atoms with E-state index in [0.29, 0.717) is 5.82 Å². The fourth-order valence-corrected chi connectivity index (χ4v) is 2.14. The van der Waals surface area contributed by atoms with Crippen molar-refractivity contribution in [3.05, 3.63) is 12.2 Å². The largest absolute Gasteiger partial charge is 0.343 e. The molecular formula is C10H18N4O. The van der Waals surface area contributed by atoms with Crippen LogP contribution in [0, 0.1) is 0 Å². The minimum absolute atomic E-state index is 0.392. The summed E-state index contributed by atoms with van der Waals surface area (Å²) in [6.07, 6.45) is 4.29. The van der Waals surface area contributed by atoms with E-state index in [0.717, 1.165) is 38.9 Å². The van der Waals surface area contributed by atoms with Crippen LogP contribution in [0.15, 0.2) is 10.9 Å². The zero-order valence-corrected chi connectivity index (χ0v) is 9.15. The number of nitrogens with zero attached hydrogens (tertiary/aromatic N) is 3. The van der Waals surface area contributed by atoms with Crippen LogP contribution in [0.25, 0.3) is 0 Å². The molecule has 0 amide bonds. The van der Waals surface area contributed by atoms with Gasteiger partial charge in [-0.2, -0.15) is 4.98 Å². The summed E-state index contributed by atoms with van der Waals surface area (Å²) < 4.78 is 4.77. The molecule has 15 heavy (non-hydrogen) atoms. The van der Waals surface area contributed by atoms with Crippen molar-refractivity contribution in [2.45, 2.75) is 31.7 Å². The Bertz CT molecular complexity index is 300. The maximum absolute atomic E-state index is 6.33. The quantitative estimate of drug-likeness (QED) is 0.779. The maximum atomic E-state index is 6.33. The zero-order chi connectivity index (χ0) is 10.7. The smallest absolute Gasteiger partial charge is 0.213 e. The van der Waals surface area contributed by atoms with Crippen molar-refractivity contribution < 1.29 is 4.52 Å². The van der Waals surface area contributed by atoms with Crippen LogP contribution in [-0.2, 0) is 5.54 Å². The Hall–Kier alpha value is -0.940. The highest BCUT2D eigenvalue weighted by Gasteiger charge is 2.33. The molecule has 0 aromatic carbocycles. The van der Waals surface area contributed by atoms with Gasteiger partial charge in [-0.05, 0) is 32.4 Å². The SMILES string of the molecule is CCN1CCCC(N)(c2ncon2)CC1. The second-order valence-electron chi connectivity index (χ2n) is 4.20. The molecule has 2 heterocycles. The van der Waals surface area contributed by atoms with Crippen LogP contribution >= 0.6 is 0 Å². The van der Waals surface area contributed by atoms with Gasteiger partial charge in [0.2, 0.25) is 6.39 Å². The molecule has 5 nitrogen and oxygen atoms in total. The molecule has 0 radical (unpaired) electrons. The summed E-state index contributed by atoms with van der Waals surface area (Å²) in [7, 11) is 0. The van der Waals surface area contributed by atoms with Crippen LogP contribution in [0.2, 0.25) is 0 Å². The molecule has 1 saturated heterocycles. The molecule has 0 saturated carbocycles. The van der Waals surface area contributed by atoms with Crippen LogP contribution in [0.4, 0.5) is 0 Å². The van der Waals surface area contributed by atoms with Gasteiger partial charge < -0.3 is 15.2 Å². The summed E-state index contributed by atoms with van der Waals surface area (Å²) in [6, 6.07) is 0. The van der Waals surface area contributed by atoms with Crippen LogP contribution in [0.3, 0.4) is 0 Å². The van der Waals surface area contributed by atoms with Crippen molar-refractivity contribution in [2.24, 2.45) is 5.73 Å². The third-order valence-corrected chi connectivity index (χ3v) is 3.23. The Labute approximate surface area is 89.6 Å². The minimum atomic E-state index is -0.392. The van der Waals surface area contributed by atoms with E-state index in [1.54, 1.807) is 0 Å². The normalized spacial score (nSPS) is 28.9. The summed E-state index contributed by atoms with van der Waals surface area (Å²) in [5, 5.41) is 3.87. The molecule has 1 unspecified atom stereocenters. The first kappa shape index (κ1) is 10.6. The molecule has 1 aromatic rings. The average Bonchev–Trinajstić information content (AvgIpc) is 2.71. The Morgan fingerprint density at radius 3 is 3.07 bits per heavy atom. The summed E-state index contributed by atoms with van der Waals surface area (Å²) in [5.41, 5.74) is 5.94. The number of aromatic nitrogens is 2. The number of nitrogens with two attached hydrogens (primary N) is 1. The highest BCUT2D eigenvalue weighted by molar-refractivity contribution is 5.03. The molecule has 1 aliphatic heterocycles. The highest BCUT2D eigenvalue weighted by Crippen LogP contribution is 2.27. The molecule has 1 aromatic heterocycles. The van der Waals surface area contributed by atoms with Gasteiger partial charge in [0.05, 0.1) is 5.54 Å². The molecule has 5 heteroatoms. The summed E-state index contributed by atoms with van der Waals surface area (Å²) in [4.78, 5) is 6.49. The van der Waals surface area contributed by atoms with Gasteiger partial charge in [-0.3, -0.25) is 0 Å². The Morgan fingerprint density at radius 2 is 2.40 bits per heavy atom. The molecule has 0 bridgehead atoms. The first-order chi connectivity index (χ1) is 7.24. The van der Waals surface area contributed by atoms with Gasteiger partial charge in [0.1, 0.15) is 0 Å². The van der Waals surface area contributed by atoms with Crippen LogP contribution in [0.1, 0.15) is 32.0 Å². The lowest BCUT2D eigenvalue weighted by atomic mass is 9.91. The Morgan fingerprint density at radius 1 is 1.53 bits per heavy atom. The van der Waals surface area contributed by atoms with Gasteiger partial charge in [-0.1, -0.05) is 12.1 Å². The van der Waals surface area contributed by atoms with E-state index in [1.807, 2.05) is 0 Å². The highest BCUT2D eigenvalue weighted by atomic mass is 16.5. The van der Waals surface area contributed by atoms with Crippen molar-refractivity contribution in [1.29, 1.82) is 0 Å². The lowest BCUT2D eigenvalue weighted by molar-refractivity contribution is 0.283. The maximum Gasteiger partial charge on any atom is 0.213 e. The molecule has 1 atom stereocenters. The molecule has 2 N–H and O–H groups in total. The van der Waals surface area contributed by atoms with E-state index in [4.69, 9.17) is 10.3 Å². The molecule has 1 aliphatic rings. The summed E-state index contributed by atoms with van der Waals surface area (Å²) in [6.45, 7) is 5.40. The molecule has 84 valence electrons. The molecule has 2 rings (SSSR count). The predicted octanol–water partition coefficient (Wildman–Crippen LogP) is 0.729. The predicted molar refractivity (Wildman–Crippen MR) is 56.1 cm³/mol. The lowest BCUT2D eigenvalue weighted by Crippen LogP contribution is -2.39. The fraction of sp³-hybridized carbons (Fsp3) is 0.800. The van der Waals surface area contributed by atoms with E-state index in [1.165, 1.54) is 6.39 Å². The van der Waals surface area contributed by atoms with Crippen LogP contribution in [-0.4, -0.2) is 34.7 Å². The minimum Gasteiger partial charge on any atom is -0.343 e. The number of hydrogen-bond acceptors (Lipinski definition) is 5. The second-order valence-corrected chi connectivity index (χ2v) is 4.20. The van der Waals surface area contributed by atoms with Crippen molar-refractivity contribution in [1.82, 2.24) is 15.0 Å². The standard InChI is InChI=1S/C10H18N4O/c1-2-14-6-3-4-10(11,5-7-14)9-12-8-15-13-9/h8H,2-7,11H2,1H3. The zero-order valence-electron chi connectivity index (χ0n) is 9.15. The lowest BCUT2D eigenvalue weighted by Gasteiger charge is -2.24. The second kappa shape index (κ2) is 4.28. The summed E-state index contributed by atoms with van der Waals surface area (Å²) >= 11 is 0. The molecular weight excluding hydrogens is 192 g/mol. The van der Waals surface area contributed by atoms with E-state index in [9.17, 15) is 0 Å². The topological polar surface area (TPSA) is 68.2 Å². The van der Waals surface area contributed by atoms with Crippen LogP contribution < -0.4 is 5.73 Å². The van der Waals surface area contributed by atoms with E-state index >= 15 is 0 Å². The van der Waals surface area contributed by atoms with Gasteiger partial charge in [0, 0.05) is 6.54 Å². The molecule has 1 fully saturated rings. The monoisotopic (exact) mass is 210 g/mol. The van der Waals surface area contributed by atoms with E-state index in [2.05, 4.69) is 22.0 Å². The van der Waals surface area contributed by atoms with Gasteiger partial charge in [0.15, 0.2) is 5.82 Å². The average molecular weight is 210 g/mol. The number of hydrogen-bond donors (Lipinski definition) is 1. The van der Waals surface area contributed by atoms with Gasteiger partial charge >= 0.3 is 0 Å². The first-order valence-electron chi connectivity index (χ1n) is 5.53. The Balaban J connectivity index is 2.09. The van der Waals surface area contributed by atoms with Crippen molar-refractivity contribution in [3.63, 3.8) is 0 Å². The Kier molecular flexibility index (Phi) is 3.02. The summed E-state index contributed by atoms with van der Waals surface area (Å²) in [5.74, 6) is 0.653. The molecule has 0 spiro atoms. The fourth-order valence-electron chi connectivity index (χ4n) is 2.14. The van der Waals surface area contributed by atoms with Gasteiger partial charge in [-0.25, -0.2) is 0 Å². The van der Waals surface area contributed by atoms with Crippen molar-refractivity contribution >= 4 is 0 Å². The first-order valence-corrected chi connectivity index (χ1v) is 5.53. The van der Waals surface area contributed by atoms with Crippen LogP contribution in [0.5, 0.6) is 0 Å². The number of likely N-dealkylation sites (tertiary alicyclic amines) is 1. The van der Waals surface area contributed by atoms with E-state index in [-0.39, 0.29) is 0 Å². The van der Waals surface area contributed by atoms with Gasteiger partial charge in [0.25, 0.3) is 0 Å². The third kappa shape index (κ3) is 2.18.